The zero-order valence-corrected chi connectivity index (χ0v) is 17.0. The van der Waals surface area contributed by atoms with E-state index in [0.717, 1.165) is 0 Å². The minimum Gasteiger partial charge on any atom is -0.460 e. The number of aryl methyl sites for hydroxylation is 1. The first-order chi connectivity index (χ1) is 14.1. The number of fused-ring (bicyclic) bond motifs is 1. The average molecular weight is 415 g/mol. The summed E-state index contributed by atoms with van der Waals surface area (Å²) < 4.78 is 16.7. The van der Waals surface area contributed by atoms with Gasteiger partial charge < -0.3 is 13.9 Å². The summed E-state index contributed by atoms with van der Waals surface area (Å²) in [5, 5.41) is 2.40. The lowest BCUT2D eigenvalue weighted by atomic mass is 10.2. The predicted molar refractivity (Wildman–Crippen MR) is 105 cm³/mol. The average Bonchev–Trinajstić information content (AvgIpc) is 2.95. The van der Waals surface area contributed by atoms with Crippen molar-refractivity contribution in [3.63, 3.8) is 0 Å². The molecule has 3 aromatic heterocycles. The van der Waals surface area contributed by atoms with Crippen LogP contribution in [0.15, 0.2) is 33.7 Å². The molecule has 0 aromatic carbocycles. The summed E-state index contributed by atoms with van der Waals surface area (Å²) in [6.45, 7) is 6.77. The number of hydrogen-bond donors (Lipinski definition) is 1. The molecule has 11 heteroatoms. The van der Waals surface area contributed by atoms with Crippen LogP contribution in [0.5, 0.6) is 0 Å². The van der Waals surface area contributed by atoms with Crippen LogP contribution in [-0.2, 0) is 16.0 Å². The molecule has 0 radical (unpaired) electrons. The lowest BCUT2D eigenvalue weighted by molar-refractivity contribution is 0.0488. The Hall–Kier alpha value is -3.76. The van der Waals surface area contributed by atoms with Crippen LogP contribution in [0, 0.1) is 6.92 Å². The van der Waals surface area contributed by atoms with Crippen LogP contribution in [0.3, 0.4) is 0 Å². The number of carbonyl (C=O) groups is 2. The molecule has 30 heavy (non-hydrogen) atoms. The van der Waals surface area contributed by atoms with Crippen LogP contribution in [0.1, 0.15) is 36.8 Å². The van der Waals surface area contributed by atoms with E-state index in [-0.39, 0.29) is 24.7 Å². The highest BCUT2D eigenvalue weighted by Gasteiger charge is 2.19. The maximum atomic E-state index is 12.3. The zero-order chi connectivity index (χ0) is 21.9. The summed E-state index contributed by atoms with van der Waals surface area (Å²) in [6, 6.07) is 3.28. The van der Waals surface area contributed by atoms with Crippen molar-refractivity contribution in [1.82, 2.24) is 19.5 Å². The van der Waals surface area contributed by atoms with Gasteiger partial charge in [-0.25, -0.2) is 29.3 Å². The van der Waals surface area contributed by atoms with Crippen molar-refractivity contribution < 1.29 is 23.5 Å². The summed E-state index contributed by atoms with van der Waals surface area (Å²) in [4.78, 5) is 48.1. The van der Waals surface area contributed by atoms with Crippen LogP contribution in [0.2, 0.25) is 0 Å². The van der Waals surface area contributed by atoms with E-state index in [0.29, 0.717) is 16.9 Å². The van der Waals surface area contributed by atoms with E-state index in [1.54, 1.807) is 39.8 Å². The minimum absolute atomic E-state index is 0.000735. The second kappa shape index (κ2) is 8.31. The lowest BCUT2D eigenvalue weighted by Crippen LogP contribution is -2.28. The highest BCUT2D eigenvalue weighted by molar-refractivity contribution is 5.90. The van der Waals surface area contributed by atoms with E-state index < -0.39 is 23.4 Å². The molecular weight excluding hydrogens is 394 g/mol. The first-order valence-corrected chi connectivity index (χ1v) is 9.09. The Morgan fingerprint density at radius 1 is 1.27 bits per heavy atom. The number of carbonyl (C=O) groups excluding carboxylic acids is 2. The summed E-state index contributed by atoms with van der Waals surface area (Å²) in [5.41, 5.74) is 0.503. The van der Waals surface area contributed by atoms with Gasteiger partial charge in [-0.1, -0.05) is 0 Å². The van der Waals surface area contributed by atoms with Crippen LogP contribution in [-0.4, -0.2) is 43.8 Å². The molecule has 0 aliphatic rings. The fraction of sp³-hybridized carbons (Fsp3) is 0.368. The van der Waals surface area contributed by atoms with Gasteiger partial charge in [-0.2, -0.15) is 0 Å². The van der Waals surface area contributed by atoms with Crippen molar-refractivity contribution in [2.75, 3.05) is 11.9 Å². The van der Waals surface area contributed by atoms with Crippen molar-refractivity contribution in [2.24, 2.45) is 0 Å². The van der Waals surface area contributed by atoms with Crippen LogP contribution in [0.25, 0.3) is 11.2 Å². The van der Waals surface area contributed by atoms with Gasteiger partial charge in [0.05, 0.1) is 17.8 Å². The Bertz CT molecular complexity index is 1140. The number of hydrogen-bond acceptors (Lipinski definition) is 9. The third kappa shape index (κ3) is 4.99. The maximum Gasteiger partial charge on any atom is 0.421 e. The van der Waals surface area contributed by atoms with Crippen LogP contribution in [0.4, 0.5) is 10.7 Å². The monoisotopic (exact) mass is 415 g/mol. The number of aromatic nitrogens is 4. The molecule has 158 valence electrons. The summed E-state index contributed by atoms with van der Waals surface area (Å²) in [5.74, 6) is -1.25. The molecule has 11 nitrogen and oxygen atoms in total. The van der Waals surface area contributed by atoms with E-state index >= 15 is 0 Å². The van der Waals surface area contributed by atoms with Crippen LogP contribution < -0.4 is 11.1 Å². The fourth-order valence-corrected chi connectivity index (χ4v) is 2.53. The first kappa shape index (κ1) is 21.0. The molecule has 0 saturated heterocycles. The number of esters is 1. The smallest absolute Gasteiger partial charge is 0.421 e. The molecule has 0 spiro atoms. The van der Waals surface area contributed by atoms with Crippen molar-refractivity contribution in [1.29, 1.82) is 0 Å². The molecular formula is C19H21N5O6. The number of pyridine rings is 1. The van der Waals surface area contributed by atoms with Crippen molar-refractivity contribution in [3.05, 3.63) is 46.3 Å². The molecule has 0 atom stereocenters. The van der Waals surface area contributed by atoms with Gasteiger partial charge in [0.15, 0.2) is 11.2 Å². The molecule has 1 N–H and O–H groups in total. The van der Waals surface area contributed by atoms with Gasteiger partial charge >= 0.3 is 17.8 Å². The van der Waals surface area contributed by atoms with Gasteiger partial charge in [-0.3, -0.25) is 9.88 Å². The molecule has 0 unspecified atom stereocenters. The molecule has 1 amide bonds. The summed E-state index contributed by atoms with van der Waals surface area (Å²) in [6.07, 6.45) is 2.08. The van der Waals surface area contributed by atoms with E-state index in [1.165, 1.54) is 17.0 Å². The van der Waals surface area contributed by atoms with E-state index in [4.69, 9.17) is 13.9 Å². The first-order valence-electron chi connectivity index (χ1n) is 9.09. The minimum atomic E-state index is -0.705. The molecule has 3 aromatic rings. The zero-order valence-electron chi connectivity index (χ0n) is 17.0. The molecule has 0 fully saturated rings. The SMILES string of the molecule is Cc1nc(NC(=O)OC(C)(C)C)ncc1C(=O)OCCn1c(=O)oc2cccnc21. The van der Waals surface area contributed by atoms with Gasteiger partial charge in [0, 0.05) is 12.4 Å². The van der Waals surface area contributed by atoms with E-state index in [2.05, 4.69) is 20.3 Å². The van der Waals surface area contributed by atoms with Gasteiger partial charge in [-0.15, -0.1) is 0 Å². The third-order valence-corrected chi connectivity index (χ3v) is 3.78. The third-order valence-electron chi connectivity index (χ3n) is 3.78. The highest BCUT2D eigenvalue weighted by atomic mass is 16.6. The van der Waals surface area contributed by atoms with E-state index in [9.17, 15) is 14.4 Å². The Morgan fingerprint density at radius 2 is 2.03 bits per heavy atom. The summed E-state index contributed by atoms with van der Waals surface area (Å²) in [7, 11) is 0. The maximum absolute atomic E-state index is 12.3. The van der Waals surface area contributed by atoms with Gasteiger partial charge in [0.25, 0.3) is 0 Å². The number of nitrogens with one attached hydrogen (secondary N) is 1. The van der Waals surface area contributed by atoms with E-state index in [1.807, 2.05) is 0 Å². The summed E-state index contributed by atoms with van der Waals surface area (Å²) >= 11 is 0. The normalized spacial score (nSPS) is 11.3. The molecule has 0 aliphatic heterocycles. The Morgan fingerprint density at radius 3 is 2.73 bits per heavy atom. The number of anilines is 1. The number of amides is 1. The topological polar surface area (TPSA) is 138 Å². The standard InChI is InChI=1S/C19H21N5O6/c1-11-12(10-21-16(22-11)23-17(26)30-19(2,3)4)15(25)28-9-8-24-14-13(29-18(24)27)6-5-7-20-14/h5-7,10H,8-9H2,1-4H3,(H,21,22,23,26). The van der Waals surface area contributed by atoms with Crippen LogP contribution >= 0.6 is 0 Å². The molecule has 0 bridgehead atoms. The number of oxazole rings is 1. The number of nitrogens with zero attached hydrogens (tertiary/aromatic N) is 4. The second-order valence-corrected chi connectivity index (χ2v) is 7.30. The van der Waals surface area contributed by atoms with Crippen molar-refractivity contribution >= 4 is 29.2 Å². The van der Waals surface area contributed by atoms with Gasteiger partial charge in [-0.05, 0) is 39.8 Å². The fourth-order valence-electron chi connectivity index (χ4n) is 2.53. The Labute approximate surface area is 171 Å². The van der Waals surface area contributed by atoms with Gasteiger partial charge in [0.2, 0.25) is 5.95 Å². The Kier molecular flexibility index (Phi) is 5.81. The molecule has 0 saturated carbocycles. The lowest BCUT2D eigenvalue weighted by Gasteiger charge is -2.19. The predicted octanol–water partition coefficient (Wildman–Crippen LogP) is 2.29. The van der Waals surface area contributed by atoms with Crippen molar-refractivity contribution in [2.45, 2.75) is 39.8 Å². The second-order valence-electron chi connectivity index (χ2n) is 7.30. The Balaban J connectivity index is 1.61. The van der Waals surface area contributed by atoms with Gasteiger partial charge in [0.1, 0.15) is 12.2 Å². The number of ether oxygens (including phenoxy) is 2. The number of rotatable bonds is 5. The largest absolute Gasteiger partial charge is 0.460 e. The highest BCUT2D eigenvalue weighted by Crippen LogP contribution is 2.12. The molecule has 0 aliphatic carbocycles. The van der Waals surface area contributed by atoms with Crippen molar-refractivity contribution in [3.8, 4) is 0 Å². The quantitative estimate of drug-likeness (QED) is 0.622. The molecule has 3 rings (SSSR count). The molecule has 3 heterocycles.